The van der Waals surface area contributed by atoms with E-state index in [2.05, 4.69) is 0 Å². The normalized spacial score (nSPS) is 12.8. The molecule has 1 heterocycles. The molecule has 6 nitrogen and oxygen atoms in total. The molecule has 0 fully saturated rings. The molecule has 0 atom stereocenters. The van der Waals surface area contributed by atoms with Gasteiger partial charge in [-0.2, -0.15) is 0 Å². The average molecular weight is 359 g/mol. The van der Waals surface area contributed by atoms with Gasteiger partial charge < -0.3 is 9.84 Å². The molecule has 0 unspecified atom stereocenters. The molecule has 0 radical (unpaired) electrons. The first-order valence-electron chi connectivity index (χ1n) is 8.14. The highest BCUT2D eigenvalue weighted by atomic mass is 16.5. The Morgan fingerprint density at radius 3 is 2.26 bits per heavy atom. The van der Waals surface area contributed by atoms with Crippen molar-refractivity contribution >= 4 is 23.5 Å². The van der Waals surface area contributed by atoms with Crippen LogP contribution in [0.2, 0.25) is 0 Å². The number of nitrogens with zero attached hydrogens (tertiary/aromatic N) is 1. The number of aromatic carboxylic acids is 1. The summed E-state index contributed by atoms with van der Waals surface area (Å²) in [7, 11) is 0. The van der Waals surface area contributed by atoms with Crippen LogP contribution in [0.25, 0.3) is 0 Å². The van der Waals surface area contributed by atoms with E-state index in [0.29, 0.717) is 11.5 Å². The number of carbonyl (C=O) groups is 3. The van der Waals surface area contributed by atoms with Crippen molar-refractivity contribution in [2.45, 2.75) is 0 Å². The maximum atomic E-state index is 12.8. The van der Waals surface area contributed by atoms with Gasteiger partial charge in [0.05, 0.1) is 22.4 Å². The van der Waals surface area contributed by atoms with Gasteiger partial charge in [-0.3, -0.25) is 9.59 Å². The van der Waals surface area contributed by atoms with Crippen LogP contribution in [0.3, 0.4) is 0 Å². The van der Waals surface area contributed by atoms with E-state index >= 15 is 0 Å². The predicted octanol–water partition coefficient (Wildman–Crippen LogP) is 3.98. The fraction of sp³-hybridized carbons (Fsp3) is 0. The fourth-order valence-corrected chi connectivity index (χ4v) is 2.92. The number of benzene rings is 3. The third kappa shape index (κ3) is 2.93. The van der Waals surface area contributed by atoms with Crippen LogP contribution >= 0.6 is 0 Å². The molecule has 0 saturated heterocycles. The van der Waals surface area contributed by atoms with Crippen LogP contribution in [0.1, 0.15) is 31.1 Å². The molecule has 2 amide bonds. The van der Waals surface area contributed by atoms with E-state index in [4.69, 9.17) is 9.84 Å². The van der Waals surface area contributed by atoms with E-state index in [-0.39, 0.29) is 22.4 Å². The van der Waals surface area contributed by atoms with E-state index in [1.807, 2.05) is 18.2 Å². The summed E-state index contributed by atoms with van der Waals surface area (Å²) in [5.74, 6) is -1.10. The lowest BCUT2D eigenvalue weighted by molar-refractivity contribution is 0.0695. The quantitative estimate of drug-likeness (QED) is 0.713. The van der Waals surface area contributed by atoms with Crippen LogP contribution in [-0.2, 0) is 0 Å². The largest absolute Gasteiger partial charge is 0.478 e. The monoisotopic (exact) mass is 359 g/mol. The number of anilines is 1. The van der Waals surface area contributed by atoms with Crippen LogP contribution in [0.5, 0.6) is 11.5 Å². The van der Waals surface area contributed by atoms with Crippen molar-refractivity contribution in [1.29, 1.82) is 0 Å². The summed E-state index contributed by atoms with van der Waals surface area (Å²) in [6.45, 7) is 0. The molecular formula is C21H13NO5. The number of para-hydroxylation sites is 1. The lowest BCUT2D eigenvalue weighted by atomic mass is 10.1. The summed E-state index contributed by atoms with van der Waals surface area (Å²) in [4.78, 5) is 37.6. The van der Waals surface area contributed by atoms with Gasteiger partial charge in [-0.25, -0.2) is 9.69 Å². The van der Waals surface area contributed by atoms with E-state index in [1.165, 1.54) is 36.4 Å². The molecule has 0 aliphatic carbocycles. The van der Waals surface area contributed by atoms with Crippen molar-refractivity contribution in [3.63, 3.8) is 0 Å². The lowest BCUT2D eigenvalue weighted by Crippen LogP contribution is -2.29. The van der Waals surface area contributed by atoms with Crippen LogP contribution in [0.15, 0.2) is 72.8 Å². The third-order valence-electron chi connectivity index (χ3n) is 4.19. The Bertz CT molecular complexity index is 1070. The Morgan fingerprint density at radius 2 is 1.52 bits per heavy atom. The molecule has 0 bridgehead atoms. The van der Waals surface area contributed by atoms with Crippen LogP contribution in [-0.4, -0.2) is 22.9 Å². The van der Waals surface area contributed by atoms with Gasteiger partial charge in [0.2, 0.25) is 0 Å². The van der Waals surface area contributed by atoms with Crippen LogP contribution in [0, 0.1) is 0 Å². The second kappa shape index (κ2) is 6.42. The molecule has 1 aliphatic rings. The second-order valence-corrected chi connectivity index (χ2v) is 5.92. The fourth-order valence-electron chi connectivity index (χ4n) is 2.92. The number of amides is 2. The summed E-state index contributed by atoms with van der Waals surface area (Å²) in [6, 6.07) is 19.5. The molecule has 1 N–H and O–H groups in total. The van der Waals surface area contributed by atoms with Crippen LogP contribution in [0.4, 0.5) is 5.69 Å². The number of hydrogen-bond acceptors (Lipinski definition) is 4. The van der Waals surface area contributed by atoms with Crippen molar-refractivity contribution < 1.29 is 24.2 Å². The Balaban J connectivity index is 1.68. The molecule has 0 aromatic heterocycles. The zero-order chi connectivity index (χ0) is 19.0. The van der Waals surface area contributed by atoms with Crippen molar-refractivity contribution in [2.24, 2.45) is 0 Å². The SMILES string of the molecule is O=C(O)c1cccc(N2C(=O)c3ccc(Oc4ccccc4)cc3C2=O)c1. The third-order valence-corrected chi connectivity index (χ3v) is 4.19. The summed E-state index contributed by atoms with van der Waals surface area (Å²) in [5, 5.41) is 9.13. The number of ether oxygens (including phenoxy) is 1. The van der Waals surface area contributed by atoms with Gasteiger partial charge >= 0.3 is 5.97 Å². The van der Waals surface area contributed by atoms with Crippen molar-refractivity contribution in [1.82, 2.24) is 0 Å². The topological polar surface area (TPSA) is 83.9 Å². The zero-order valence-corrected chi connectivity index (χ0v) is 14.0. The highest BCUT2D eigenvalue weighted by molar-refractivity contribution is 6.34. The maximum absolute atomic E-state index is 12.8. The lowest BCUT2D eigenvalue weighted by Gasteiger charge is -2.14. The molecule has 3 aromatic carbocycles. The Kier molecular flexibility index (Phi) is 3.93. The van der Waals surface area contributed by atoms with Gasteiger partial charge in [-0.1, -0.05) is 24.3 Å². The second-order valence-electron chi connectivity index (χ2n) is 5.92. The highest BCUT2D eigenvalue weighted by Gasteiger charge is 2.37. The first-order chi connectivity index (χ1) is 13.0. The summed E-state index contributed by atoms with van der Waals surface area (Å²) in [5.41, 5.74) is 0.680. The molecule has 0 spiro atoms. The number of carboxylic acids is 1. The van der Waals surface area contributed by atoms with Gasteiger partial charge in [0.25, 0.3) is 11.8 Å². The zero-order valence-electron chi connectivity index (χ0n) is 14.0. The van der Waals surface area contributed by atoms with E-state index in [9.17, 15) is 14.4 Å². The molecule has 6 heteroatoms. The predicted molar refractivity (Wildman–Crippen MR) is 97.5 cm³/mol. The van der Waals surface area contributed by atoms with Gasteiger partial charge in [-0.15, -0.1) is 0 Å². The van der Waals surface area contributed by atoms with Crippen molar-refractivity contribution in [2.75, 3.05) is 4.90 Å². The minimum atomic E-state index is -1.13. The van der Waals surface area contributed by atoms with Gasteiger partial charge in [0, 0.05) is 0 Å². The van der Waals surface area contributed by atoms with Crippen molar-refractivity contribution in [3.05, 3.63) is 89.5 Å². The molecule has 27 heavy (non-hydrogen) atoms. The summed E-state index contributed by atoms with van der Waals surface area (Å²) < 4.78 is 5.72. The maximum Gasteiger partial charge on any atom is 0.335 e. The van der Waals surface area contributed by atoms with Gasteiger partial charge in [-0.05, 0) is 48.5 Å². The first-order valence-corrected chi connectivity index (χ1v) is 8.14. The molecule has 132 valence electrons. The Hall–Kier alpha value is -3.93. The molecule has 3 aromatic rings. The van der Waals surface area contributed by atoms with E-state index < -0.39 is 17.8 Å². The first kappa shape index (κ1) is 16.5. The van der Waals surface area contributed by atoms with Gasteiger partial charge in [0.15, 0.2) is 0 Å². The number of carbonyl (C=O) groups excluding carboxylic acids is 2. The minimum Gasteiger partial charge on any atom is -0.478 e. The highest BCUT2D eigenvalue weighted by Crippen LogP contribution is 2.32. The average Bonchev–Trinajstić information content (AvgIpc) is 2.93. The Morgan fingerprint density at radius 1 is 0.778 bits per heavy atom. The van der Waals surface area contributed by atoms with E-state index in [0.717, 1.165) is 4.90 Å². The molecule has 0 saturated carbocycles. The van der Waals surface area contributed by atoms with E-state index in [1.54, 1.807) is 18.2 Å². The van der Waals surface area contributed by atoms with Crippen molar-refractivity contribution in [3.8, 4) is 11.5 Å². The summed E-state index contributed by atoms with van der Waals surface area (Å²) >= 11 is 0. The standard InChI is InChI=1S/C21H13NO5/c23-19-17-10-9-16(27-15-7-2-1-3-8-15)12-18(17)20(24)22(19)14-6-4-5-13(11-14)21(25)26/h1-12H,(H,25,26). The smallest absolute Gasteiger partial charge is 0.335 e. The minimum absolute atomic E-state index is 0.00263. The summed E-state index contributed by atoms with van der Waals surface area (Å²) in [6.07, 6.45) is 0. The van der Waals surface area contributed by atoms with Crippen LogP contribution < -0.4 is 9.64 Å². The number of rotatable bonds is 4. The molecule has 4 rings (SSSR count). The number of fused-ring (bicyclic) bond motifs is 1. The Labute approximate surface area is 154 Å². The number of imide groups is 1. The molecule has 1 aliphatic heterocycles. The molecular weight excluding hydrogens is 346 g/mol. The number of hydrogen-bond donors (Lipinski definition) is 1. The number of carboxylic acid groups (broad SMARTS) is 1. The van der Waals surface area contributed by atoms with Gasteiger partial charge in [0.1, 0.15) is 11.5 Å².